The molecule has 0 heterocycles. The Morgan fingerprint density at radius 3 is 2.59 bits per heavy atom. The molecule has 0 aromatic rings. The third kappa shape index (κ3) is 7.82. The fourth-order valence-corrected chi connectivity index (χ4v) is 2.01. The fourth-order valence-electron chi connectivity index (χ4n) is 1.06. The molecule has 0 spiro atoms. The number of hydrogen-bond donors (Lipinski definition) is 3. The van der Waals surface area contributed by atoms with Gasteiger partial charge in [0.25, 0.3) is 0 Å². The first-order chi connectivity index (χ1) is 8.01. The van der Waals surface area contributed by atoms with Crippen LogP contribution in [0.4, 0.5) is 0 Å². The summed E-state index contributed by atoms with van der Waals surface area (Å²) in [6.07, 6.45) is 1.91. The molecule has 0 fully saturated rings. The normalized spacial score (nSPS) is 11.5. The van der Waals surface area contributed by atoms with Gasteiger partial charge in [0.1, 0.15) is 12.6 Å². The molecule has 0 radical (unpaired) electrons. The van der Waals surface area contributed by atoms with Gasteiger partial charge in [0, 0.05) is 11.8 Å². The minimum absolute atomic E-state index is 0.00969. The van der Waals surface area contributed by atoms with Crippen molar-refractivity contribution in [3.8, 4) is 6.07 Å². The van der Waals surface area contributed by atoms with Crippen LogP contribution >= 0.6 is 24.0 Å². The second-order valence-electron chi connectivity index (χ2n) is 3.66. The first-order valence-corrected chi connectivity index (χ1v) is 7.02. The zero-order valence-electron chi connectivity index (χ0n) is 10.2. The molecule has 0 aromatic carbocycles. The summed E-state index contributed by atoms with van der Waals surface area (Å²) in [5.41, 5.74) is 0. The average molecular weight is 274 g/mol. The number of thioether (sulfide) groups is 1. The van der Waals surface area contributed by atoms with Gasteiger partial charge >= 0.3 is 0 Å². The third-order valence-corrected chi connectivity index (χ3v) is 2.62. The van der Waals surface area contributed by atoms with Crippen molar-refractivity contribution in [3.05, 3.63) is 0 Å². The van der Waals surface area contributed by atoms with Crippen molar-refractivity contribution in [2.24, 2.45) is 0 Å². The molecule has 96 valence electrons. The van der Waals surface area contributed by atoms with Crippen LogP contribution in [0.5, 0.6) is 0 Å². The van der Waals surface area contributed by atoms with Crippen LogP contribution < -0.4 is 16.0 Å². The van der Waals surface area contributed by atoms with Gasteiger partial charge in [-0.25, -0.2) is 0 Å². The predicted molar refractivity (Wildman–Crippen MR) is 74.8 cm³/mol. The van der Waals surface area contributed by atoms with E-state index in [9.17, 15) is 4.79 Å². The fraction of sp³-hybridized carbons (Fsp3) is 0.700. The molecular formula is C10H18N4OS2. The lowest BCUT2D eigenvalue weighted by atomic mass is 10.3. The number of nitrogens with one attached hydrogen (secondary N) is 3. The lowest BCUT2D eigenvalue weighted by Gasteiger charge is -2.20. The molecule has 0 aliphatic heterocycles. The predicted octanol–water partition coefficient (Wildman–Crippen LogP) is 0.230. The molecule has 0 saturated carbocycles. The van der Waals surface area contributed by atoms with Gasteiger partial charge < -0.3 is 16.0 Å². The van der Waals surface area contributed by atoms with Gasteiger partial charge in [-0.15, -0.1) is 0 Å². The van der Waals surface area contributed by atoms with E-state index in [2.05, 4.69) is 16.0 Å². The van der Waals surface area contributed by atoms with E-state index in [1.54, 1.807) is 0 Å². The Bertz CT molecular complexity index is 301. The largest absolute Gasteiger partial charge is 0.361 e. The Balaban J connectivity index is 4.27. The van der Waals surface area contributed by atoms with Crippen molar-refractivity contribution in [1.82, 2.24) is 16.0 Å². The Labute approximate surface area is 112 Å². The van der Waals surface area contributed by atoms with E-state index < -0.39 is 6.04 Å². The maximum Gasteiger partial charge on any atom is 0.244 e. The van der Waals surface area contributed by atoms with Gasteiger partial charge in [0.05, 0.1) is 6.07 Å². The first kappa shape index (κ1) is 16.0. The lowest BCUT2D eigenvalue weighted by molar-refractivity contribution is -0.122. The van der Waals surface area contributed by atoms with Crippen LogP contribution in [0.3, 0.4) is 0 Å². The van der Waals surface area contributed by atoms with Crippen LogP contribution in [-0.4, -0.2) is 41.7 Å². The maximum atomic E-state index is 11.7. The smallest absolute Gasteiger partial charge is 0.244 e. The van der Waals surface area contributed by atoms with Crippen LogP contribution in [-0.2, 0) is 4.79 Å². The second kappa shape index (κ2) is 9.07. The van der Waals surface area contributed by atoms with Gasteiger partial charge in [0.2, 0.25) is 5.91 Å². The number of carbonyl (C=O) groups is 1. The highest BCUT2D eigenvalue weighted by Gasteiger charge is 2.18. The zero-order chi connectivity index (χ0) is 13.3. The number of carbonyl (C=O) groups excluding carboxylic acids is 1. The molecular weight excluding hydrogens is 256 g/mol. The Kier molecular flexibility index (Phi) is 8.54. The van der Waals surface area contributed by atoms with Crippen LogP contribution in [0, 0.1) is 11.3 Å². The molecule has 0 rings (SSSR count). The summed E-state index contributed by atoms with van der Waals surface area (Å²) < 4.78 is 0. The number of nitriles is 1. The van der Waals surface area contributed by atoms with E-state index in [0.717, 1.165) is 0 Å². The molecule has 1 unspecified atom stereocenters. The van der Waals surface area contributed by atoms with Gasteiger partial charge in [-0.05, 0) is 32.3 Å². The van der Waals surface area contributed by atoms with Gasteiger partial charge in [-0.3, -0.25) is 4.79 Å². The van der Waals surface area contributed by atoms with E-state index in [1.165, 1.54) is 11.8 Å². The van der Waals surface area contributed by atoms with Crippen molar-refractivity contribution in [1.29, 1.82) is 5.26 Å². The summed E-state index contributed by atoms with van der Waals surface area (Å²) in [5, 5.41) is 17.3. The molecule has 5 nitrogen and oxygen atoms in total. The van der Waals surface area contributed by atoms with Crippen LogP contribution in [0.15, 0.2) is 0 Å². The highest BCUT2D eigenvalue weighted by Crippen LogP contribution is 1.98. The van der Waals surface area contributed by atoms with Crippen molar-refractivity contribution in [3.63, 3.8) is 0 Å². The molecule has 0 aromatic heterocycles. The second-order valence-corrected chi connectivity index (χ2v) is 4.98. The van der Waals surface area contributed by atoms with Crippen molar-refractivity contribution in [2.45, 2.75) is 25.9 Å². The quantitative estimate of drug-likeness (QED) is 0.475. The van der Waals surface area contributed by atoms with Crippen LogP contribution in [0.2, 0.25) is 0 Å². The average Bonchev–Trinajstić information content (AvgIpc) is 2.24. The van der Waals surface area contributed by atoms with E-state index in [1.807, 2.05) is 26.2 Å². The molecule has 7 heteroatoms. The molecule has 1 atom stereocenters. The number of amides is 1. The van der Waals surface area contributed by atoms with Crippen molar-refractivity contribution >= 4 is 35.0 Å². The highest BCUT2D eigenvalue weighted by atomic mass is 32.2. The van der Waals surface area contributed by atoms with E-state index in [0.29, 0.717) is 10.9 Å². The standard InChI is InChI=1S/C10H18N4OS2/c1-7(2)13-10(16)14-8(6-17-3)9(15)12-5-4-11/h7-8H,5-6H2,1-3H3,(H,12,15)(H2,13,14,16). The number of hydrogen-bond acceptors (Lipinski definition) is 4. The molecule has 1 amide bonds. The van der Waals surface area contributed by atoms with Gasteiger partial charge in [-0.2, -0.15) is 17.0 Å². The maximum absolute atomic E-state index is 11.7. The van der Waals surface area contributed by atoms with E-state index >= 15 is 0 Å². The molecule has 0 saturated heterocycles. The van der Waals surface area contributed by atoms with E-state index in [4.69, 9.17) is 17.5 Å². The third-order valence-electron chi connectivity index (χ3n) is 1.72. The van der Waals surface area contributed by atoms with Gasteiger partial charge in [0.15, 0.2) is 5.11 Å². The van der Waals surface area contributed by atoms with Gasteiger partial charge in [-0.1, -0.05) is 0 Å². The first-order valence-electron chi connectivity index (χ1n) is 5.21. The molecule has 0 aliphatic rings. The molecule has 0 bridgehead atoms. The number of rotatable bonds is 6. The zero-order valence-corrected chi connectivity index (χ0v) is 11.9. The number of nitrogens with zero attached hydrogens (tertiary/aromatic N) is 1. The van der Waals surface area contributed by atoms with Crippen LogP contribution in [0.25, 0.3) is 0 Å². The summed E-state index contributed by atoms with van der Waals surface area (Å²) in [5.74, 6) is 0.380. The molecule has 0 aliphatic carbocycles. The lowest BCUT2D eigenvalue weighted by Crippen LogP contribution is -2.52. The van der Waals surface area contributed by atoms with Crippen molar-refractivity contribution in [2.75, 3.05) is 18.6 Å². The minimum Gasteiger partial charge on any atom is -0.361 e. The topological polar surface area (TPSA) is 76.9 Å². The summed E-state index contributed by atoms with van der Waals surface area (Å²) in [6, 6.07) is 1.66. The molecule has 3 N–H and O–H groups in total. The SMILES string of the molecule is CSCC(NC(=S)NC(C)C)C(=O)NCC#N. The summed E-state index contributed by atoms with van der Waals surface area (Å²) in [6.45, 7) is 3.94. The van der Waals surface area contributed by atoms with Crippen molar-refractivity contribution < 1.29 is 4.79 Å². The summed E-state index contributed by atoms with van der Waals surface area (Å²) >= 11 is 6.61. The minimum atomic E-state index is -0.419. The molecule has 17 heavy (non-hydrogen) atoms. The Morgan fingerprint density at radius 1 is 1.47 bits per heavy atom. The Morgan fingerprint density at radius 2 is 2.12 bits per heavy atom. The summed E-state index contributed by atoms with van der Waals surface area (Å²) in [7, 11) is 0. The highest BCUT2D eigenvalue weighted by molar-refractivity contribution is 7.98. The van der Waals surface area contributed by atoms with E-state index in [-0.39, 0.29) is 18.5 Å². The summed E-state index contributed by atoms with van der Waals surface area (Å²) in [4.78, 5) is 11.7. The Hall–Kier alpha value is -1.00. The monoisotopic (exact) mass is 274 g/mol. The van der Waals surface area contributed by atoms with Crippen LogP contribution in [0.1, 0.15) is 13.8 Å². The number of thiocarbonyl (C=S) groups is 1.